The standard InChI is InChI=1S/C31H40O3/c1-20-18-25-27(31(4,5)17-16-30(25,2)3)28(34-6)26(20)24(22-10-8-7-9-11-22)19-21-12-14-23(15-13-21)29(32)33/h12-15,18-19,22H,7-11,16-17H2,1-6H3,(H,32,33). The van der Waals surface area contributed by atoms with E-state index in [1.54, 1.807) is 12.1 Å². The SMILES string of the molecule is COc1c(C(=Cc2ccc(C(=O)O)cc2)C2CCCCC2)c(C)cc2c1C(C)(C)CCC2(C)C. The first kappa shape index (κ1) is 24.6. The molecule has 182 valence electrons. The summed E-state index contributed by atoms with van der Waals surface area (Å²) in [6, 6.07) is 9.70. The van der Waals surface area contributed by atoms with Crippen LogP contribution in [0.2, 0.25) is 0 Å². The largest absolute Gasteiger partial charge is 0.496 e. The molecule has 34 heavy (non-hydrogen) atoms. The highest BCUT2D eigenvalue weighted by Crippen LogP contribution is 2.53. The molecule has 0 aliphatic heterocycles. The van der Waals surface area contributed by atoms with Crippen molar-refractivity contribution in [3.8, 4) is 5.75 Å². The third-order valence-electron chi connectivity index (χ3n) is 8.28. The number of aryl methyl sites for hydroxylation is 1. The van der Waals surface area contributed by atoms with Crippen molar-refractivity contribution in [3.63, 3.8) is 0 Å². The van der Waals surface area contributed by atoms with Gasteiger partial charge in [-0.1, -0.05) is 71.2 Å². The van der Waals surface area contributed by atoms with Gasteiger partial charge in [0, 0.05) is 11.1 Å². The number of ether oxygens (including phenoxy) is 1. The fourth-order valence-electron chi connectivity index (χ4n) is 6.15. The number of methoxy groups -OCH3 is 1. The summed E-state index contributed by atoms with van der Waals surface area (Å²) in [4.78, 5) is 11.3. The lowest BCUT2D eigenvalue weighted by molar-refractivity contribution is 0.0697. The summed E-state index contributed by atoms with van der Waals surface area (Å²) in [5.41, 5.74) is 8.22. The van der Waals surface area contributed by atoms with E-state index in [2.05, 4.69) is 46.8 Å². The molecule has 0 spiro atoms. The van der Waals surface area contributed by atoms with Crippen LogP contribution >= 0.6 is 0 Å². The third kappa shape index (κ3) is 4.54. The lowest BCUT2D eigenvalue weighted by Gasteiger charge is -2.44. The molecular formula is C31H40O3. The van der Waals surface area contributed by atoms with Crippen LogP contribution in [0.25, 0.3) is 11.6 Å². The molecule has 0 unspecified atom stereocenters. The third-order valence-corrected chi connectivity index (χ3v) is 8.28. The monoisotopic (exact) mass is 460 g/mol. The first-order valence-electron chi connectivity index (χ1n) is 12.8. The molecule has 3 nitrogen and oxygen atoms in total. The van der Waals surface area contributed by atoms with Gasteiger partial charge in [-0.3, -0.25) is 0 Å². The second-order valence-electron chi connectivity index (χ2n) is 11.7. The summed E-state index contributed by atoms with van der Waals surface area (Å²) in [6.45, 7) is 11.7. The number of rotatable bonds is 5. The number of hydrogen-bond donors (Lipinski definition) is 1. The minimum absolute atomic E-state index is 0.0550. The average Bonchev–Trinajstić information content (AvgIpc) is 2.81. The maximum atomic E-state index is 11.3. The van der Waals surface area contributed by atoms with Crippen LogP contribution in [0.1, 0.15) is 111 Å². The molecule has 0 bridgehead atoms. The van der Waals surface area contributed by atoms with Crippen molar-refractivity contribution in [2.45, 2.75) is 90.4 Å². The van der Waals surface area contributed by atoms with E-state index in [1.165, 1.54) is 66.4 Å². The fourth-order valence-corrected chi connectivity index (χ4v) is 6.15. The Hall–Kier alpha value is -2.55. The van der Waals surface area contributed by atoms with Gasteiger partial charge >= 0.3 is 5.97 Å². The molecule has 3 heteroatoms. The van der Waals surface area contributed by atoms with Gasteiger partial charge < -0.3 is 9.84 Å². The first-order valence-corrected chi connectivity index (χ1v) is 12.8. The molecule has 2 aliphatic carbocycles. The van der Waals surface area contributed by atoms with E-state index in [0.29, 0.717) is 11.5 Å². The van der Waals surface area contributed by atoms with Crippen LogP contribution in [0.4, 0.5) is 0 Å². The summed E-state index contributed by atoms with van der Waals surface area (Å²) in [7, 11) is 1.83. The Labute approximate surface area is 205 Å². The van der Waals surface area contributed by atoms with Gasteiger partial charge in [0.2, 0.25) is 0 Å². The van der Waals surface area contributed by atoms with Gasteiger partial charge in [0.25, 0.3) is 0 Å². The number of hydrogen-bond acceptors (Lipinski definition) is 2. The topological polar surface area (TPSA) is 46.5 Å². The molecule has 1 fully saturated rings. The molecular weight excluding hydrogens is 420 g/mol. The Bertz CT molecular complexity index is 1100. The number of aromatic carboxylic acids is 1. The van der Waals surface area contributed by atoms with Crippen molar-refractivity contribution in [2.24, 2.45) is 5.92 Å². The molecule has 0 aromatic heterocycles. The Morgan fingerprint density at radius 2 is 1.62 bits per heavy atom. The second kappa shape index (κ2) is 9.24. The zero-order valence-electron chi connectivity index (χ0n) is 21.8. The highest BCUT2D eigenvalue weighted by Gasteiger charge is 2.41. The van der Waals surface area contributed by atoms with Crippen LogP contribution in [-0.2, 0) is 10.8 Å². The van der Waals surface area contributed by atoms with Gasteiger partial charge in [0.1, 0.15) is 5.75 Å². The number of allylic oxidation sites excluding steroid dienone is 1. The van der Waals surface area contributed by atoms with Crippen molar-refractivity contribution in [3.05, 3.63) is 63.7 Å². The smallest absolute Gasteiger partial charge is 0.335 e. The Morgan fingerprint density at radius 1 is 1.00 bits per heavy atom. The van der Waals surface area contributed by atoms with Crippen LogP contribution < -0.4 is 4.74 Å². The van der Waals surface area contributed by atoms with Gasteiger partial charge in [-0.05, 0) is 83.8 Å². The summed E-state index contributed by atoms with van der Waals surface area (Å²) >= 11 is 0. The summed E-state index contributed by atoms with van der Waals surface area (Å²) in [5.74, 6) is 0.644. The van der Waals surface area contributed by atoms with E-state index >= 15 is 0 Å². The van der Waals surface area contributed by atoms with Gasteiger partial charge in [-0.25, -0.2) is 4.79 Å². The summed E-state index contributed by atoms with van der Waals surface area (Å²) in [6.07, 6.45) is 10.8. The fraction of sp³-hybridized carbons (Fsp3) is 0.516. The van der Waals surface area contributed by atoms with E-state index in [9.17, 15) is 9.90 Å². The molecule has 2 aromatic carbocycles. The highest BCUT2D eigenvalue weighted by molar-refractivity contribution is 5.90. The molecule has 2 aliphatic rings. The van der Waals surface area contributed by atoms with Crippen molar-refractivity contribution in [1.29, 1.82) is 0 Å². The van der Waals surface area contributed by atoms with Gasteiger partial charge in [-0.15, -0.1) is 0 Å². The molecule has 1 N–H and O–H groups in total. The van der Waals surface area contributed by atoms with Crippen molar-refractivity contribution in [1.82, 2.24) is 0 Å². The second-order valence-corrected chi connectivity index (χ2v) is 11.7. The normalized spacial score (nSPS) is 20.0. The van der Waals surface area contributed by atoms with Gasteiger partial charge in [0.05, 0.1) is 12.7 Å². The van der Waals surface area contributed by atoms with Crippen LogP contribution in [-0.4, -0.2) is 18.2 Å². The quantitative estimate of drug-likeness (QED) is 0.458. The lowest BCUT2D eigenvalue weighted by atomic mass is 9.61. The van der Waals surface area contributed by atoms with Gasteiger partial charge in [-0.2, -0.15) is 0 Å². The molecule has 0 radical (unpaired) electrons. The minimum Gasteiger partial charge on any atom is -0.496 e. The van der Waals surface area contributed by atoms with Crippen molar-refractivity contribution < 1.29 is 14.6 Å². The number of carboxylic acids is 1. The van der Waals surface area contributed by atoms with E-state index in [4.69, 9.17) is 4.74 Å². The predicted octanol–water partition coefficient (Wildman–Crippen LogP) is 8.17. The lowest BCUT2D eigenvalue weighted by Crippen LogP contribution is -2.35. The van der Waals surface area contributed by atoms with E-state index in [-0.39, 0.29) is 10.8 Å². The van der Waals surface area contributed by atoms with Crippen LogP contribution in [0, 0.1) is 12.8 Å². The minimum atomic E-state index is -0.889. The Morgan fingerprint density at radius 3 is 2.21 bits per heavy atom. The molecule has 0 amide bonds. The molecule has 0 saturated heterocycles. The highest BCUT2D eigenvalue weighted by atomic mass is 16.5. The Kier molecular flexibility index (Phi) is 6.68. The maximum Gasteiger partial charge on any atom is 0.335 e. The van der Waals surface area contributed by atoms with Crippen molar-refractivity contribution >= 4 is 17.6 Å². The Balaban J connectivity index is 1.95. The van der Waals surface area contributed by atoms with Crippen LogP contribution in [0.15, 0.2) is 30.3 Å². The van der Waals surface area contributed by atoms with Gasteiger partial charge in [0.15, 0.2) is 0 Å². The van der Waals surface area contributed by atoms with E-state index in [1.807, 2.05) is 19.2 Å². The molecule has 0 heterocycles. The molecule has 0 atom stereocenters. The number of fused-ring (bicyclic) bond motifs is 1. The number of carboxylic acid groups (broad SMARTS) is 1. The summed E-state index contributed by atoms with van der Waals surface area (Å²) in [5, 5.41) is 9.32. The summed E-state index contributed by atoms with van der Waals surface area (Å²) < 4.78 is 6.30. The first-order chi connectivity index (χ1) is 16.0. The molecule has 4 rings (SSSR count). The van der Waals surface area contributed by atoms with Crippen LogP contribution in [0.5, 0.6) is 5.75 Å². The van der Waals surface area contributed by atoms with E-state index in [0.717, 1.165) is 17.7 Å². The molecule has 1 saturated carbocycles. The average molecular weight is 461 g/mol. The predicted molar refractivity (Wildman–Crippen MR) is 141 cm³/mol. The van der Waals surface area contributed by atoms with Crippen molar-refractivity contribution in [2.75, 3.05) is 7.11 Å². The zero-order valence-corrected chi connectivity index (χ0v) is 21.8. The molecule has 2 aromatic rings. The maximum absolute atomic E-state index is 11.3. The number of carbonyl (C=O) groups is 1. The van der Waals surface area contributed by atoms with E-state index < -0.39 is 5.97 Å². The van der Waals surface area contributed by atoms with Crippen LogP contribution in [0.3, 0.4) is 0 Å². The zero-order chi connectivity index (χ0) is 24.7. The number of benzene rings is 2.